The zero-order valence-corrected chi connectivity index (χ0v) is 20.7. The standard InChI is InChI=1S/C29H32N6O2/c30-18-19-6-5-8-22(16-19)28(36)35-25-11-4-2-9-23(25)29(37)33-13-12-21-17-20-7-1-3-10-24(20)34-26(21)27-31-14-15-32-27/h1,3,5-8,10,14-16,21,23,25-26,34H,2,4,9,11-13,17H2,(H,31,32)(H,33,37)(H,35,36)/t21-,23-,25+,26+/m0/s1. The second kappa shape index (κ2) is 11.3. The van der Waals surface area contributed by atoms with Gasteiger partial charge in [0.15, 0.2) is 0 Å². The number of aromatic amines is 1. The van der Waals surface area contributed by atoms with E-state index in [2.05, 4.69) is 50.2 Å². The highest BCUT2D eigenvalue weighted by atomic mass is 16.2. The second-order valence-corrected chi connectivity index (χ2v) is 9.96. The minimum Gasteiger partial charge on any atom is -0.375 e. The highest BCUT2D eigenvalue weighted by Gasteiger charge is 2.33. The molecule has 0 spiro atoms. The number of fused-ring (bicyclic) bond motifs is 1. The van der Waals surface area contributed by atoms with Gasteiger partial charge in [0.05, 0.1) is 23.6 Å². The van der Waals surface area contributed by atoms with Crippen LogP contribution in [0.5, 0.6) is 0 Å². The van der Waals surface area contributed by atoms with Gasteiger partial charge in [-0.2, -0.15) is 5.26 Å². The van der Waals surface area contributed by atoms with Crippen LogP contribution < -0.4 is 16.0 Å². The molecule has 1 aliphatic carbocycles. The van der Waals surface area contributed by atoms with E-state index in [9.17, 15) is 9.59 Å². The molecule has 0 unspecified atom stereocenters. The van der Waals surface area contributed by atoms with Crippen molar-refractivity contribution in [1.29, 1.82) is 5.26 Å². The molecule has 1 aliphatic heterocycles. The normalized spacial score (nSPS) is 22.7. The molecule has 8 heteroatoms. The van der Waals surface area contributed by atoms with Crippen LogP contribution in [0.4, 0.5) is 5.69 Å². The van der Waals surface area contributed by atoms with Crippen molar-refractivity contribution < 1.29 is 9.59 Å². The molecule has 4 atom stereocenters. The van der Waals surface area contributed by atoms with Crippen molar-refractivity contribution in [2.45, 2.75) is 50.6 Å². The number of para-hydroxylation sites is 1. The number of benzene rings is 2. The van der Waals surface area contributed by atoms with Crippen LogP contribution in [0, 0.1) is 23.2 Å². The van der Waals surface area contributed by atoms with Gasteiger partial charge in [-0.15, -0.1) is 0 Å². The van der Waals surface area contributed by atoms with Gasteiger partial charge in [0, 0.05) is 36.2 Å². The molecule has 8 nitrogen and oxygen atoms in total. The van der Waals surface area contributed by atoms with Crippen molar-refractivity contribution in [3.8, 4) is 6.07 Å². The van der Waals surface area contributed by atoms with Crippen molar-refractivity contribution in [3.05, 3.63) is 83.4 Å². The first kappa shape index (κ1) is 24.6. The predicted octanol–water partition coefficient (Wildman–Crippen LogP) is 4.10. The molecular formula is C29H32N6O2. The lowest BCUT2D eigenvalue weighted by molar-refractivity contribution is -0.126. The number of imidazole rings is 1. The third kappa shape index (κ3) is 5.67. The molecule has 0 saturated heterocycles. The van der Waals surface area contributed by atoms with E-state index in [1.165, 1.54) is 5.56 Å². The summed E-state index contributed by atoms with van der Waals surface area (Å²) in [7, 11) is 0. The van der Waals surface area contributed by atoms with E-state index in [1.54, 1.807) is 30.5 Å². The molecule has 1 aromatic heterocycles. The van der Waals surface area contributed by atoms with Gasteiger partial charge in [-0.1, -0.05) is 37.1 Å². The van der Waals surface area contributed by atoms with Crippen molar-refractivity contribution in [2.75, 3.05) is 11.9 Å². The van der Waals surface area contributed by atoms with Crippen LogP contribution in [0.25, 0.3) is 0 Å². The molecule has 3 aromatic rings. The number of nitrogens with zero attached hydrogens (tertiary/aromatic N) is 2. The molecule has 0 radical (unpaired) electrons. The van der Waals surface area contributed by atoms with E-state index in [-0.39, 0.29) is 35.7 Å². The van der Waals surface area contributed by atoms with Crippen molar-refractivity contribution in [2.24, 2.45) is 11.8 Å². The Bertz CT molecular complexity index is 1280. The molecule has 0 bridgehead atoms. The quantitative estimate of drug-likeness (QED) is 0.392. The van der Waals surface area contributed by atoms with Gasteiger partial charge in [-0.3, -0.25) is 9.59 Å². The molecule has 2 amide bonds. The fourth-order valence-corrected chi connectivity index (χ4v) is 5.64. The molecule has 1 saturated carbocycles. The lowest BCUT2D eigenvalue weighted by Crippen LogP contribution is -2.48. The molecule has 2 aliphatic rings. The zero-order chi connectivity index (χ0) is 25.6. The van der Waals surface area contributed by atoms with Gasteiger partial charge in [-0.05, 0) is 61.4 Å². The molecule has 190 valence electrons. The summed E-state index contributed by atoms with van der Waals surface area (Å²) in [5, 5.41) is 19.0. The molecule has 5 rings (SSSR count). The average Bonchev–Trinajstić information content (AvgIpc) is 3.48. The Hall–Kier alpha value is -4.12. The number of H-pyrrole nitrogens is 1. The highest BCUT2D eigenvalue weighted by Crippen LogP contribution is 2.37. The maximum Gasteiger partial charge on any atom is 0.251 e. The van der Waals surface area contributed by atoms with Crippen molar-refractivity contribution in [1.82, 2.24) is 20.6 Å². The van der Waals surface area contributed by atoms with Crippen LogP contribution >= 0.6 is 0 Å². The number of hydrogen-bond acceptors (Lipinski definition) is 5. The summed E-state index contributed by atoms with van der Waals surface area (Å²) >= 11 is 0. The Kier molecular flexibility index (Phi) is 7.50. The van der Waals surface area contributed by atoms with Gasteiger partial charge < -0.3 is 20.9 Å². The van der Waals surface area contributed by atoms with Gasteiger partial charge >= 0.3 is 0 Å². The van der Waals surface area contributed by atoms with E-state index in [0.717, 1.165) is 50.0 Å². The number of amides is 2. The topological polar surface area (TPSA) is 123 Å². The van der Waals surface area contributed by atoms with Crippen LogP contribution in [-0.4, -0.2) is 34.4 Å². The van der Waals surface area contributed by atoms with Crippen LogP contribution in [0.3, 0.4) is 0 Å². The number of aromatic nitrogens is 2. The predicted molar refractivity (Wildman–Crippen MR) is 141 cm³/mol. The molecule has 4 N–H and O–H groups in total. The summed E-state index contributed by atoms with van der Waals surface area (Å²) in [4.78, 5) is 33.8. The number of carbonyl (C=O) groups excluding carboxylic acids is 2. The second-order valence-electron chi connectivity index (χ2n) is 9.96. The number of nitriles is 1. The van der Waals surface area contributed by atoms with Crippen LogP contribution in [0.2, 0.25) is 0 Å². The molecule has 2 aromatic carbocycles. The van der Waals surface area contributed by atoms with Crippen molar-refractivity contribution in [3.63, 3.8) is 0 Å². The summed E-state index contributed by atoms with van der Waals surface area (Å²) in [5.74, 6) is 0.671. The zero-order valence-electron chi connectivity index (χ0n) is 20.7. The Balaban J connectivity index is 1.20. The summed E-state index contributed by atoms with van der Waals surface area (Å²) in [6, 6.07) is 16.9. The minimum atomic E-state index is -0.261. The Labute approximate surface area is 216 Å². The Morgan fingerprint density at radius 2 is 1.97 bits per heavy atom. The lowest BCUT2D eigenvalue weighted by atomic mass is 9.83. The van der Waals surface area contributed by atoms with E-state index in [1.807, 2.05) is 12.3 Å². The minimum absolute atomic E-state index is 0.00510. The number of anilines is 1. The van der Waals surface area contributed by atoms with Crippen LogP contribution in [-0.2, 0) is 11.2 Å². The van der Waals surface area contributed by atoms with E-state index < -0.39 is 0 Å². The fourth-order valence-electron chi connectivity index (χ4n) is 5.64. The highest BCUT2D eigenvalue weighted by molar-refractivity contribution is 5.95. The smallest absolute Gasteiger partial charge is 0.251 e. The van der Waals surface area contributed by atoms with Gasteiger partial charge in [0.1, 0.15) is 5.82 Å². The summed E-state index contributed by atoms with van der Waals surface area (Å²) in [6.45, 7) is 0.561. The third-order valence-electron chi connectivity index (χ3n) is 7.58. The van der Waals surface area contributed by atoms with E-state index in [4.69, 9.17) is 5.26 Å². The summed E-state index contributed by atoms with van der Waals surface area (Å²) < 4.78 is 0. The summed E-state index contributed by atoms with van der Waals surface area (Å²) in [5.41, 5.74) is 3.29. The lowest BCUT2D eigenvalue weighted by Gasteiger charge is -2.34. The molecule has 1 fully saturated rings. The first-order valence-electron chi connectivity index (χ1n) is 13.0. The van der Waals surface area contributed by atoms with Crippen molar-refractivity contribution >= 4 is 17.5 Å². The van der Waals surface area contributed by atoms with Gasteiger partial charge in [0.25, 0.3) is 5.91 Å². The van der Waals surface area contributed by atoms with Crippen LogP contribution in [0.1, 0.15) is 65.5 Å². The Morgan fingerprint density at radius 1 is 1.11 bits per heavy atom. The number of carbonyl (C=O) groups is 2. The first-order chi connectivity index (χ1) is 18.1. The number of rotatable bonds is 7. The maximum atomic E-state index is 13.2. The molecule has 2 heterocycles. The largest absolute Gasteiger partial charge is 0.375 e. The van der Waals surface area contributed by atoms with Gasteiger partial charge in [0.2, 0.25) is 5.91 Å². The monoisotopic (exact) mass is 496 g/mol. The molecular weight excluding hydrogens is 464 g/mol. The van der Waals surface area contributed by atoms with E-state index in [0.29, 0.717) is 17.7 Å². The third-order valence-corrected chi connectivity index (χ3v) is 7.58. The SMILES string of the molecule is N#Cc1cccc(C(=O)N[C@@H]2CCCC[C@@H]2C(=O)NCC[C@H]2Cc3ccccc3N[C@H]2c2ncc[nH]2)c1. The number of nitrogens with one attached hydrogen (secondary N) is 4. The first-order valence-corrected chi connectivity index (χ1v) is 13.0. The van der Waals surface area contributed by atoms with Gasteiger partial charge in [-0.25, -0.2) is 4.98 Å². The average molecular weight is 497 g/mol. The maximum absolute atomic E-state index is 13.2. The molecule has 37 heavy (non-hydrogen) atoms. The van der Waals surface area contributed by atoms with E-state index >= 15 is 0 Å². The number of hydrogen-bond donors (Lipinski definition) is 4. The Morgan fingerprint density at radius 3 is 2.81 bits per heavy atom. The van der Waals surface area contributed by atoms with Crippen LogP contribution in [0.15, 0.2) is 60.9 Å². The fraction of sp³-hybridized carbons (Fsp3) is 0.379. The summed E-state index contributed by atoms with van der Waals surface area (Å²) in [6.07, 6.45) is 8.80.